The van der Waals surface area contributed by atoms with Crippen LogP contribution in [0, 0.1) is 6.92 Å². The normalized spacial score (nSPS) is 24.8. The van der Waals surface area contributed by atoms with E-state index in [-0.39, 0.29) is 13.2 Å². The van der Waals surface area contributed by atoms with E-state index in [0.717, 1.165) is 49.2 Å². The molecule has 0 unspecified atom stereocenters. The molecule has 0 aliphatic carbocycles. The van der Waals surface area contributed by atoms with Crippen molar-refractivity contribution in [1.29, 1.82) is 0 Å². The number of hydrogen-bond acceptors (Lipinski definition) is 8. The van der Waals surface area contributed by atoms with Gasteiger partial charge in [-0.3, -0.25) is 4.90 Å². The zero-order valence-electron chi connectivity index (χ0n) is 17.4. The smallest absolute Gasteiger partial charge is 0.138 e. The van der Waals surface area contributed by atoms with E-state index in [4.69, 9.17) is 0 Å². The highest BCUT2D eigenvalue weighted by molar-refractivity contribution is 5.55. The van der Waals surface area contributed by atoms with Gasteiger partial charge in [0.05, 0.1) is 24.4 Å². The molecule has 1 aromatic heterocycles. The molecular weight excluding hydrogens is 386 g/mol. The van der Waals surface area contributed by atoms with Crippen molar-refractivity contribution in [1.82, 2.24) is 19.7 Å². The fraction of sp³-hybridized carbons (Fsp3) is 0.619. The Balaban J connectivity index is 1.34. The minimum absolute atomic E-state index is 0.232. The number of nitrogens with zero attached hydrogens (tertiary/aromatic N) is 4. The van der Waals surface area contributed by atoms with E-state index >= 15 is 0 Å². The Hall–Kier alpha value is -2.04. The van der Waals surface area contributed by atoms with E-state index in [1.54, 1.807) is 11.0 Å². The highest BCUT2D eigenvalue weighted by atomic mass is 16.4. The van der Waals surface area contributed by atoms with Crippen LogP contribution in [0.2, 0.25) is 0 Å². The second-order valence-corrected chi connectivity index (χ2v) is 7.97. The summed E-state index contributed by atoms with van der Waals surface area (Å²) in [7, 11) is 0. The molecule has 3 rings (SSSR count). The van der Waals surface area contributed by atoms with Gasteiger partial charge in [-0.25, -0.2) is 9.67 Å². The summed E-state index contributed by atoms with van der Waals surface area (Å²) in [6.45, 7) is 3.68. The van der Waals surface area contributed by atoms with Crippen molar-refractivity contribution in [2.45, 2.75) is 57.0 Å². The highest BCUT2D eigenvalue weighted by Gasteiger charge is 2.40. The largest absolute Gasteiger partial charge is 0.395 e. The molecule has 1 fully saturated rings. The summed E-state index contributed by atoms with van der Waals surface area (Å²) >= 11 is 0. The van der Waals surface area contributed by atoms with Crippen LogP contribution in [-0.4, -0.2) is 90.7 Å². The molecule has 2 heterocycles. The lowest BCUT2D eigenvalue weighted by Crippen LogP contribution is -2.62. The zero-order chi connectivity index (χ0) is 21.5. The Labute approximate surface area is 177 Å². The maximum atomic E-state index is 10.0. The number of β-amino-alcohol motifs (C(OH)–C–C–N with tert-alkyl or cyclic N) is 1. The second-order valence-electron chi connectivity index (χ2n) is 7.97. The summed E-state index contributed by atoms with van der Waals surface area (Å²) in [5.74, 6) is 0. The van der Waals surface area contributed by atoms with Crippen LogP contribution < -0.4 is 5.32 Å². The van der Waals surface area contributed by atoms with E-state index in [1.165, 1.54) is 6.33 Å². The average molecular weight is 420 g/mol. The Morgan fingerprint density at radius 2 is 1.90 bits per heavy atom. The van der Waals surface area contributed by atoms with Crippen molar-refractivity contribution in [3.63, 3.8) is 0 Å². The van der Waals surface area contributed by atoms with Crippen LogP contribution in [0.5, 0.6) is 0 Å². The minimum Gasteiger partial charge on any atom is -0.395 e. The van der Waals surface area contributed by atoms with Crippen molar-refractivity contribution in [3.8, 4) is 5.69 Å². The Bertz CT molecular complexity index is 773. The number of likely N-dealkylation sites (tertiary alicyclic amines) is 1. The van der Waals surface area contributed by atoms with E-state index in [1.807, 2.05) is 11.0 Å². The fourth-order valence-corrected chi connectivity index (χ4v) is 3.98. The molecule has 0 amide bonds. The van der Waals surface area contributed by atoms with Gasteiger partial charge in [-0.1, -0.05) is 12.8 Å². The molecule has 2 aromatic rings. The van der Waals surface area contributed by atoms with Gasteiger partial charge in [0.15, 0.2) is 0 Å². The van der Waals surface area contributed by atoms with Crippen molar-refractivity contribution < 1.29 is 20.4 Å². The lowest BCUT2D eigenvalue weighted by molar-refractivity contribution is -0.145. The van der Waals surface area contributed by atoms with Crippen LogP contribution >= 0.6 is 0 Å². The van der Waals surface area contributed by atoms with Crippen LogP contribution in [0.1, 0.15) is 31.2 Å². The van der Waals surface area contributed by atoms with Gasteiger partial charge in [-0.05, 0) is 50.1 Å². The van der Waals surface area contributed by atoms with Crippen LogP contribution in [0.3, 0.4) is 0 Å². The molecule has 166 valence electrons. The third-order valence-electron chi connectivity index (χ3n) is 5.80. The molecular formula is C21H33N5O4. The summed E-state index contributed by atoms with van der Waals surface area (Å²) in [6.07, 6.45) is 3.94. The standard InChI is InChI=1S/C21H33N5O4/c1-15-10-16(26-14-22-13-24-26)6-7-17(15)23-8-4-2-3-5-9-25-11-19(28)21(30)20(29)18(25)12-27/h6-7,10,13-14,18-21,23,27-30H,2-5,8-9,11-12H2,1H3/t18-,19+,20-,21-/m1/s1. The van der Waals surface area contributed by atoms with Gasteiger partial charge in [-0.15, -0.1) is 0 Å². The number of hydrogen-bond donors (Lipinski definition) is 5. The first-order valence-electron chi connectivity index (χ1n) is 10.6. The molecule has 4 atom stereocenters. The van der Waals surface area contributed by atoms with Gasteiger partial charge in [0.1, 0.15) is 24.9 Å². The number of benzene rings is 1. The molecule has 9 heteroatoms. The minimum atomic E-state index is -1.20. The topological polar surface area (TPSA) is 127 Å². The van der Waals surface area contributed by atoms with Gasteiger partial charge >= 0.3 is 0 Å². The average Bonchev–Trinajstić information content (AvgIpc) is 3.27. The Kier molecular flexibility index (Phi) is 8.17. The second kappa shape index (κ2) is 10.8. The SMILES string of the molecule is Cc1cc(-n2cncn2)ccc1NCCCCCCN1C[C@H](O)[C@@H](O)[C@H](O)[C@H]1CO. The van der Waals surface area contributed by atoms with E-state index in [0.29, 0.717) is 6.54 Å². The Morgan fingerprint density at radius 3 is 2.60 bits per heavy atom. The number of piperidine rings is 1. The van der Waals surface area contributed by atoms with Gasteiger partial charge in [0.25, 0.3) is 0 Å². The number of aryl methyl sites for hydroxylation is 1. The van der Waals surface area contributed by atoms with Gasteiger partial charge in [-0.2, -0.15) is 5.10 Å². The maximum Gasteiger partial charge on any atom is 0.138 e. The molecule has 30 heavy (non-hydrogen) atoms. The third kappa shape index (κ3) is 5.55. The van der Waals surface area contributed by atoms with Crippen LogP contribution in [0.4, 0.5) is 5.69 Å². The molecule has 0 saturated carbocycles. The van der Waals surface area contributed by atoms with E-state index in [9.17, 15) is 20.4 Å². The summed E-state index contributed by atoms with van der Waals surface area (Å²) in [4.78, 5) is 5.85. The molecule has 1 aliphatic rings. The first kappa shape index (κ1) is 22.6. The highest BCUT2D eigenvalue weighted by Crippen LogP contribution is 2.20. The maximum absolute atomic E-state index is 10.0. The van der Waals surface area contributed by atoms with Crippen molar-refractivity contribution in [3.05, 3.63) is 36.4 Å². The lowest BCUT2D eigenvalue weighted by Gasteiger charge is -2.43. The summed E-state index contributed by atoms with van der Waals surface area (Å²) < 4.78 is 1.74. The van der Waals surface area contributed by atoms with Gasteiger partial charge < -0.3 is 25.7 Å². The number of unbranched alkanes of at least 4 members (excludes halogenated alkanes) is 3. The molecule has 1 saturated heterocycles. The summed E-state index contributed by atoms with van der Waals surface area (Å²) in [5, 5.41) is 46.8. The zero-order valence-corrected chi connectivity index (χ0v) is 17.4. The van der Waals surface area contributed by atoms with Gasteiger partial charge in [0, 0.05) is 18.8 Å². The third-order valence-corrected chi connectivity index (χ3v) is 5.80. The number of rotatable bonds is 10. The number of aliphatic hydroxyl groups excluding tert-OH is 4. The van der Waals surface area contributed by atoms with Crippen molar-refractivity contribution in [2.24, 2.45) is 0 Å². The monoisotopic (exact) mass is 419 g/mol. The lowest BCUT2D eigenvalue weighted by atomic mass is 9.94. The number of aliphatic hydroxyl groups is 4. The molecule has 1 aliphatic heterocycles. The van der Waals surface area contributed by atoms with Crippen LogP contribution in [0.15, 0.2) is 30.9 Å². The van der Waals surface area contributed by atoms with E-state index < -0.39 is 24.4 Å². The number of nitrogens with one attached hydrogen (secondary N) is 1. The number of anilines is 1. The van der Waals surface area contributed by atoms with Crippen LogP contribution in [0.25, 0.3) is 5.69 Å². The molecule has 0 spiro atoms. The summed E-state index contributed by atoms with van der Waals surface area (Å²) in [5.41, 5.74) is 3.25. The molecule has 9 nitrogen and oxygen atoms in total. The van der Waals surface area contributed by atoms with E-state index in [2.05, 4.69) is 34.5 Å². The van der Waals surface area contributed by atoms with Crippen LogP contribution in [-0.2, 0) is 0 Å². The predicted molar refractivity (Wildman–Crippen MR) is 114 cm³/mol. The predicted octanol–water partition coefficient (Wildman–Crippen LogP) is 0.307. The summed E-state index contributed by atoms with van der Waals surface area (Å²) in [6, 6.07) is 5.63. The fourth-order valence-electron chi connectivity index (χ4n) is 3.98. The number of aromatic nitrogens is 3. The molecule has 0 bridgehead atoms. The van der Waals surface area contributed by atoms with Crippen molar-refractivity contribution >= 4 is 5.69 Å². The molecule has 0 radical (unpaired) electrons. The van der Waals surface area contributed by atoms with Gasteiger partial charge in [0.2, 0.25) is 0 Å². The Morgan fingerprint density at radius 1 is 1.10 bits per heavy atom. The first-order chi connectivity index (χ1) is 14.5. The van der Waals surface area contributed by atoms with Crippen molar-refractivity contribution in [2.75, 3.05) is 31.6 Å². The molecule has 5 N–H and O–H groups in total. The molecule has 1 aromatic carbocycles. The quantitative estimate of drug-likeness (QED) is 0.348. The first-order valence-corrected chi connectivity index (χ1v) is 10.6.